The van der Waals surface area contributed by atoms with E-state index in [0.29, 0.717) is 11.3 Å². The van der Waals surface area contributed by atoms with Crippen molar-refractivity contribution in [3.8, 4) is 17.3 Å². The molecule has 18 heavy (non-hydrogen) atoms. The molecular weight excluding hydrogens is 247 g/mol. The molecular formula is C11H8F3N3O. The van der Waals surface area contributed by atoms with Crippen LogP contribution in [0.1, 0.15) is 5.56 Å². The Morgan fingerprint density at radius 1 is 1.06 bits per heavy atom. The Bertz CT molecular complexity index is 523. The summed E-state index contributed by atoms with van der Waals surface area (Å²) in [7, 11) is 1.40. The molecule has 0 unspecified atom stereocenters. The Balaban J connectivity index is 2.28. The van der Waals surface area contributed by atoms with Crippen molar-refractivity contribution in [2.45, 2.75) is 6.18 Å². The molecule has 0 aliphatic heterocycles. The lowest BCUT2D eigenvalue weighted by atomic mass is 10.1. The van der Waals surface area contributed by atoms with E-state index in [1.54, 1.807) is 0 Å². The van der Waals surface area contributed by atoms with E-state index in [2.05, 4.69) is 15.2 Å². The summed E-state index contributed by atoms with van der Waals surface area (Å²) < 4.78 is 41.8. The van der Waals surface area contributed by atoms with Crippen molar-refractivity contribution in [1.82, 2.24) is 15.2 Å². The fourth-order valence-electron chi connectivity index (χ4n) is 1.32. The second-order valence-corrected chi connectivity index (χ2v) is 3.41. The summed E-state index contributed by atoms with van der Waals surface area (Å²) in [5.41, 5.74) is 0.177. The summed E-state index contributed by atoms with van der Waals surface area (Å²) in [4.78, 5) is 3.83. The topological polar surface area (TPSA) is 47.9 Å². The smallest absolute Gasteiger partial charge is 0.416 e. The lowest BCUT2D eigenvalue weighted by molar-refractivity contribution is -0.137. The van der Waals surface area contributed by atoms with Crippen LogP contribution in [-0.4, -0.2) is 22.3 Å². The van der Waals surface area contributed by atoms with Gasteiger partial charge < -0.3 is 4.74 Å². The van der Waals surface area contributed by atoms with Gasteiger partial charge in [-0.05, 0) is 12.1 Å². The molecule has 4 nitrogen and oxygen atoms in total. The summed E-state index contributed by atoms with van der Waals surface area (Å²) in [6.45, 7) is 0. The first-order valence-corrected chi connectivity index (χ1v) is 4.92. The Morgan fingerprint density at radius 3 is 2.17 bits per heavy atom. The van der Waals surface area contributed by atoms with E-state index in [-0.39, 0.29) is 6.01 Å². The van der Waals surface area contributed by atoms with Crippen LogP contribution in [0.25, 0.3) is 11.3 Å². The van der Waals surface area contributed by atoms with Crippen molar-refractivity contribution in [3.63, 3.8) is 0 Å². The molecule has 0 amide bonds. The predicted molar refractivity (Wildman–Crippen MR) is 56.8 cm³/mol. The second-order valence-electron chi connectivity index (χ2n) is 3.41. The molecule has 7 heteroatoms. The molecule has 0 atom stereocenters. The zero-order valence-electron chi connectivity index (χ0n) is 9.27. The third-order valence-corrected chi connectivity index (χ3v) is 2.23. The van der Waals surface area contributed by atoms with E-state index in [0.717, 1.165) is 12.1 Å². The van der Waals surface area contributed by atoms with Crippen molar-refractivity contribution < 1.29 is 17.9 Å². The number of halogens is 3. The van der Waals surface area contributed by atoms with E-state index >= 15 is 0 Å². The standard InChI is InChI=1S/C11H8F3N3O/c1-18-10-15-6-9(16-17-10)7-2-4-8(5-3-7)11(12,13)14/h2-6H,1H3. The number of aromatic nitrogens is 3. The number of benzene rings is 1. The first-order valence-electron chi connectivity index (χ1n) is 4.92. The van der Waals surface area contributed by atoms with Crippen LogP contribution >= 0.6 is 0 Å². The summed E-state index contributed by atoms with van der Waals surface area (Å²) in [5.74, 6) is 0. The zero-order valence-corrected chi connectivity index (χ0v) is 9.27. The summed E-state index contributed by atoms with van der Waals surface area (Å²) >= 11 is 0. The minimum Gasteiger partial charge on any atom is -0.466 e. The predicted octanol–water partition coefficient (Wildman–Crippen LogP) is 2.57. The van der Waals surface area contributed by atoms with Gasteiger partial charge in [0.15, 0.2) is 0 Å². The summed E-state index contributed by atoms with van der Waals surface area (Å²) in [6, 6.07) is 4.72. The average molecular weight is 255 g/mol. The fraction of sp³-hybridized carbons (Fsp3) is 0.182. The van der Waals surface area contributed by atoms with E-state index in [4.69, 9.17) is 4.74 Å². The Labute approximate surface area is 100 Å². The van der Waals surface area contributed by atoms with Crippen LogP contribution in [0.2, 0.25) is 0 Å². The minimum absolute atomic E-state index is 0.102. The number of hydrogen-bond donors (Lipinski definition) is 0. The van der Waals surface area contributed by atoms with Crippen LogP contribution in [0.15, 0.2) is 30.5 Å². The van der Waals surface area contributed by atoms with Crippen molar-refractivity contribution in [2.24, 2.45) is 0 Å². The highest BCUT2D eigenvalue weighted by atomic mass is 19.4. The monoisotopic (exact) mass is 255 g/mol. The zero-order chi connectivity index (χ0) is 13.2. The first-order chi connectivity index (χ1) is 8.50. The van der Waals surface area contributed by atoms with Crippen molar-refractivity contribution in [2.75, 3.05) is 7.11 Å². The number of alkyl halides is 3. The maximum Gasteiger partial charge on any atom is 0.416 e. The molecule has 0 saturated heterocycles. The number of methoxy groups -OCH3 is 1. The van der Waals surface area contributed by atoms with Gasteiger partial charge in [-0.3, -0.25) is 0 Å². The maximum atomic E-state index is 12.4. The van der Waals surface area contributed by atoms with Gasteiger partial charge in [-0.2, -0.15) is 13.2 Å². The van der Waals surface area contributed by atoms with Gasteiger partial charge in [0.1, 0.15) is 5.69 Å². The molecule has 0 spiro atoms. The molecule has 0 aliphatic carbocycles. The second kappa shape index (κ2) is 4.59. The van der Waals surface area contributed by atoms with E-state index in [1.807, 2.05) is 0 Å². The quantitative estimate of drug-likeness (QED) is 0.827. The van der Waals surface area contributed by atoms with Gasteiger partial charge >= 0.3 is 12.2 Å². The van der Waals surface area contributed by atoms with Crippen LogP contribution in [0, 0.1) is 0 Å². The molecule has 0 saturated carbocycles. The Kier molecular flexibility index (Phi) is 3.14. The van der Waals surface area contributed by atoms with Crippen LogP contribution < -0.4 is 4.74 Å². The lowest BCUT2D eigenvalue weighted by Gasteiger charge is -2.07. The molecule has 0 bridgehead atoms. The van der Waals surface area contributed by atoms with E-state index in [9.17, 15) is 13.2 Å². The van der Waals surface area contributed by atoms with Gasteiger partial charge in [0.2, 0.25) is 0 Å². The molecule has 2 aromatic rings. The van der Waals surface area contributed by atoms with Gasteiger partial charge in [0.05, 0.1) is 18.9 Å². The largest absolute Gasteiger partial charge is 0.466 e. The Hall–Kier alpha value is -2.18. The number of hydrogen-bond acceptors (Lipinski definition) is 4. The highest BCUT2D eigenvalue weighted by Crippen LogP contribution is 2.30. The van der Waals surface area contributed by atoms with Crippen molar-refractivity contribution in [1.29, 1.82) is 0 Å². The third kappa shape index (κ3) is 2.55. The highest BCUT2D eigenvalue weighted by molar-refractivity contribution is 5.58. The maximum absolute atomic E-state index is 12.4. The molecule has 2 rings (SSSR count). The molecule has 94 valence electrons. The molecule has 0 fully saturated rings. The molecule has 1 heterocycles. The van der Waals surface area contributed by atoms with Gasteiger partial charge in [-0.15, -0.1) is 5.10 Å². The van der Waals surface area contributed by atoms with Crippen LogP contribution in [0.5, 0.6) is 6.01 Å². The average Bonchev–Trinajstić information content (AvgIpc) is 2.38. The van der Waals surface area contributed by atoms with Crippen LogP contribution in [-0.2, 0) is 6.18 Å². The van der Waals surface area contributed by atoms with Gasteiger partial charge in [0.25, 0.3) is 0 Å². The van der Waals surface area contributed by atoms with Crippen molar-refractivity contribution >= 4 is 0 Å². The highest BCUT2D eigenvalue weighted by Gasteiger charge is 2.30. The van der Waals surface area contributed by atoms with E-state index in [1.165, 1.54) is 25.4 Å². The van der Waals surface area contributed by atoms with Crippen LogP contribution in [0.3, 0.4) is 0 Å². The van der Waals surface area contributed by atoms with Gasteiger partial charge in [0, 0.05) is 5.56 Å². The van der Waals surface area contributed by atoms with E-state index < -0.39 is 11.7 Å². The first kappa shape index (κ1) is 12.3. The molecule has 1 aromatic carbocycles. The molecule has 1 aromatic heterocycles. The SMILES string of the molecule is COc1ncc(-c2ccc(C(F)(F)F)cc2)nn1. The number of rotatable bonds is 2. The minimum atomic E-state index is -4.34. The third-order valence-electron chi connectivity index (χ3n) is 2.23. The molecule has 0 N–H and O–H groups in total. The van der Waals surface area contributed by atoms with Crippen molar-refractivity contribution in [3.05, 3.63) is 36.0 Å². The number of nitrogens with zero attached hydrogens (tertiary/aromatic N) is 3. The molecule has 0 radical (unpaired) electrons. The summed E-state index contributed by atoms with van der Waals surface area (Å²) in [6.07, 6.45) is -2.96. The lowest BCUT2D eigenvalue weighted by Crippen LogP contribution is -2.04. The van der Waals surface area contributed by atoms with Gasteiger partial charge in [-0.1, -0.05) is 17.2 Å². The normalized spacial score (nSPS) is 11.3. The van der Waals surface area contributed by atoms with Crippen LogP contribution in [0.4, 0.5) is 13.2 Å². The fourth-order valence-corrected chi connectivity index (χ4v) is 1.32. The van der Waals surface area contributed by atoms with Gasteiger partial charge in [-0.25, -0.2) is 4.98 Å². The summed E-state index contributed by atoms with van der Waals surface area (Å²) in [5, 5.41) is 7.43. The molecule has 0 aliphatic rings. The number of ether oxygens (including phenoxy) is 1. The Morgan fingerprint density at radius 2 is 1.72 bits per heavy atom.